The maximum Gasteiger partial charge on any atom is 0.335 e. The van der Waals surface area contributed by atoms with Gasteiger partial charge in [-0.1, -0.05) is 57.1 Å². The van der Waals surface area contributed by atoms with E-state index in [1.54, 1.807) is 12.1 Å². The summed E-state index contributed by atoms with van der Waals surface area (Å²) in [4.78, 5) is 11.0. The van der Waals surface area contributed by atoms with Crippen LogP contribution >= 0.6 is 0 Å². The van der Waals surface area contributed by atoms with Crippen molar-refractivity contribution in [3.05, 3.63) is 70.3 Å². The van der Waals surface area contributed by atoms with Gasteiger partial charge in [-0.25, -0.2) is 4.79 Å². The number of carboxylic acid groups (broad SMARTS) is 1. The summed E-state index contributed by atoms with van der Waals surface area (Å²) in [6.45, 7) is 9.05. The van der Waals surface area contributed by atoms with Crippen molar-refractivity contribution in [2.45, 2.75) is 51.4 Å². The van der Waals surface area contributed by atoms with E-state index in [4.69, 9.17) is 5.11 Å². The lowest BCUT2D eigenvalue weighted by atomic mass is 9.63. The third kappa shape index (κ3) is 3.12. The van der Waals surface area contributed by atoms with Crippen molar-refractivity contribution >= 4 is 11.7 Å². The highest BCUT2D eigenvalue weighted by Crippen LogP contribution is 2.46. The van der Waals surface area contributed by atoms with Crippen LogP contribution in [0.3, 0.4) is 0 Å². The molecule has 0 aliphatic heterocycles. The first-order valence-corrected chi connectivity index (χ1v) is 8.87. The summed E-state index contributed by atoms with van der Waals surface area (Å²) < 4.78 is 0. The van der Waals surface area contributed by atoms with E-state index in [2.05, 4.69) is 45.0 Å². The molecular formula is C22H25NO3. The van der Waals surface area contributed by atoms with E-state index in [1.807, 2.05) is 6.07 Å². The Hall–Kier alpha value is -2.62. The number of fused-ring (bicyclic) bond motifs is 1. The molecule has 0 fully saturated rings. The fourth-order valence-electron chi connectivity index (χ4n) is 3.79. The first-order valence-electron chi connectivity index (χ1n) is 8.87. The number of hydrogen-bond donors (Lipinski definition) is 2. The summed E-state index contributed by atoms with van der Waals surface area (Å²) in [6, 6.07) is 12.6. The van der Waals surface area contributed by atoms with Crippen molar-refractivity contribution in [1.82, 2.24) is 0 Å². The first-order chi connectivity index (χ1) is 12.2. The molecular weight excluding hydrogens is 326 g/mol. The number of benzene rings is 2. The number of nitrogens with zero attached hydrogens (tertiary/aromatic N) is 1. The fourth-order valence-corrected chi connectivity index (χ4v) is 3.79. The van der Waals surface area contributed by atoms with Crippen LogP contribution in [0.25, 0.3) is 0 Å². The third-order valence-electron chi connectivity index (χ3n) is 5.63. The van der Waals surface area contributed by atoms with E-state index >= 15 is 0 Å². The standard InChI is InChI=1S/C22H25NO3/c1-21(2)11-12-22(3,4)18-13-16(9-10-17(18)21)19(23-26)14-5-7-15(8-6-14)20(24)25/h5-10,13,26H,11-12H2,1-4H3,(H,24,25)/b23-19-. The minimum Gasteiger partial charge on any atom is -0.478 e. The molecule has 3 rings (SSSR count). The molecule has 0 amide bonds. The fraction of sp³-hybridized carbons (Fsp3) is 0.364. The predicted molar refractivity (Wildman–Crippen MR) is 103 cm³/mol. The van der Waals surface area contributed by atoms with E-state index in [1.165, 1.54) is 23.3 Å². The van der Waals surface area contributed by atoms with Crippen LogP contribution in [0.2, 0.25) is 0 Å². The van der Waals surface area contributed by atoms with E-state index in [0.29, 0.717) is 11.3 Å². The summed E-state index contributed by atoms with van der Waals surface area (Å²) in [7, 11) is 0. The summed E-state index contributed by atoms with van der Waals surface area (Å²) in [5, 5.41) is 22.2. The Labute approximate surface area is 154 Å². The topological polar surface area (TPSA) is 69.9 Å². The molecule has 0 spiro atoms. The summed E-state index contributed by atoms with van der Waals surface area (Å²) >= 11 is 0. The van der Waals surface area contributed by atoms with Crippen molar-refractivity contribution in [3.8, 4) is 0 Å². The lowest BCUT2D eigenvalue weighted by Crippen LogP contribution is -2.34. The average Bonchev–Trinajstić information content (AvgIpc) is 2.60. The van der Waals surface area contributed by atoms with Crippen molar-refractivity contribution in [2.24, 2.45) is 5.16 Å². The number of carboxylic acids is 1. The second-order valence-corrected chi connectivity index (χ2v) is 8.36. The molecule has 1 aliphatic carbocycles. The molecule has 2 aromatic rings. The van der Waals surface area contributed by atoms with Gasteiger partial charge in [-0.2, -0.15) is 0 Å². The molecule has 2 aromatic carbocycles. The molecule has 4 heteroatoms. The van der Waals surface area contributed by atoms with Crippen molar-refractivity contribution < 1.29 is 15.1 Å². The van der Waals surface area contributed by atoms with Gasteiger partial charge in [-0.3, -0.25) is 0 Å². The molecule has 0 unspecified atom stereocenters. The van der Waals surface area contributed by atoms with E-state index < -0.39 is 5.97 Å². The highest BCUT2D eigenvalue weighted by Gasteiger charge is 2.37. The maximum atomic E-state index is 11.0. The summed E-state index contributed by atoms with van der Waals surface area (Å²) in [6.07, 6.45) is 2.25. The molecule has 0 saturated heterocycles. The Bertz CT molecular complexity index is 877. The molecule has 26 heavy (non-hydrogen) atoms. The minimum atomic E-state index is -0.975. The molecule has 4 nitrogen and oxygen atoms in total. The van der Waals surface area contributed by atoms with E-state index in [9.17, 15) is 10.0 Å². The lowest BCUT2D eigenvalue weighted by Gasteiger charge is -2.42. The van der Waals surface area contributed by atoms with Crippen LogP contribution in [0.4, 0.5) is 0 Å². The van der Waals surface area contributed by atoms with Crippen molar-refractivity contribution in [3.63, 3.8) is 0 Å². The number of rotatable bonds is 3. The molecule has 2 N–H and O–H groups in total. The lowest BCUT2D eigenvalue weighted by molar-refractivity contribution is 0.0697. The van der Waals surface area contributed by atoms with Gasteiger partial charge in [0, 0.05) is 11.1 Å². The van der Waals surface area contributed by atoms with Gasteiger partial charge in [0.25, 0.3) is 0 Å². The smallest absolute Gasteiger partial charge is 0.335 e. The minimum absolute atomic E-state index is 0.0641. The van der Waals surface area contributed by atoms with Crippen LogP contribution in [0.5, 0.6) is 0 Å². The Balaban J connectivity index is 2.07. The van der Waals surface area contributed by atoms with Crippen LogP contribution in [0, 0.1) is 0 Å². The normalized spacial score (nSPS) is 18.2. The van der Waals surface area contributed by atoms with Gasteiger partial charge in [-0.05, 0) is 53.0 Å². The van der Waals surface area contributed by atoms with Gasteiger partial charge < -0.3 is 10.3 Å². The Morgan fingerprint density at radius 1 is 0.846 bits per heavy atom. The quantitative estimate of drug-likeness (QED) is 0.466. The van der Waals surface area contributed by atoms with Crippen LogP contribution in [0.15, 0.2) is 47.6 Å². The number of hydrogen-bond acceptors (Lipinski definition) is 3. The van der Waals surface area contributed by atoms with Crippen LogP contribution in [0.1, 0.15) is 73.1 Å². The number of carbonyl (C=O) groups is 1. The zero-order valence-electron chi connectivity index (χ0n) is 15.7. The highest BCUT2D eigenvalue weighted by atomic mass is 16.4. The first kappa shape index (κ1) is 18.2. The SMILES string of the molecule is CC1(C)CCC(C)(C)c2cc(/C(=N\O)c3ccc(C(=O)O)cc3)ccc21. The van der Waals surface area contributed by atoms with Gasteiger partial charge in [0.05, 0.1) is 5.56 Å². The Morgan fingerprint density at radius 3 is 1.88 bits per heavy atom. The molecule has 136 valence electrons. The zero-order valence-corrected chi connectivity index (χ0v) is 15.7. The number of aromatic carboxylic acids is 1. The van der Waals surface area contributed by atoms with Crippen molar-refractivity contribution in [1.29, 1.82) is 0 Å². The zero-order chi connectivity index (χ0) is 19.1. The third-order valence-corrected chi connectivity index (χ3v) is 5.63. The molecule has 0 bridgehead atoms. The van der Waals surface area contributed by atoms with E-state index in [-0.39, 0.29) is 16.4 Å². The second-order valence-electron chi connectivity index (χ2n) is 8.36. The van der Waals surface area contributed by atoms with Crippen molar-refractivity contribution in [2.75, 3.05) is 0 Å². The Kier molecular flexibility index (Phi) is 4.39. The van der Waals surface area contributed by atoms with Gasteiger partial charge in [-0.15, -0.1) is 0 Å². The average molecular weight is 351 g/mol. The summed E-state index contributed by atoms with van der Waals surface area (Å²) in [5.41, 5.74) is 5.00. The van der Waals surface area contributed by atoms with E-state index in [0.717, 1.165) is 18.4 Å². The highest BCUT2D eigenvalue weighted by molar-refractivity contribution is 6.13. The van der Waals surface area contributed by atoms with Gasteiger partial charge >= 0.3 is 5.97 Å². The Morgan fingerprint density at radius 2 is 1.35 bits per heavy atom. The second kappa shape index (κ2) is 6.27. The molecule has 0 heterocycles. The summed E-state index contributed by atoms with van der Waals surface area (Å²) in [5.74, 6) is -0.975. The van der Waals surface area contributed by atoms with Gasteiger partial charge in [0.2, 0.25) is 0 Å². The van der Waals surface area contributed by atoms with Gasteiger partial charge in [0.1, 0.15) is 5.71 Å². The monoisotopic (exact) mass is 351 g/mol. The number of oxime groups is 1. The molecule has 0 radical (unpaired) electrons. The van der Waals surface area contributed by atoms with Crippen LogP contribution in [-0.2, 0) is 10.8 Å². The molecule has 0 atom stereocenters. The largest absolute Gasteiger partial charge is 0.478 e. The van der Waals surface area contributed by atoms with Crippen LogP contribution in [-0.4, -0.2) is 22.0 Å². The molecule has 0 aromatic heterocycles. The maximum absolute atomic E-state index is 11.0. The van der Waals surface area contributed by atoms with Gasteiger partial charge in [0.15, 0.2) is 0 Å². The molecule has 0 saturated carbocycles. The predicted octanol–water partition coefficient (Wildman–Crippen LogP) is 4.96. The van der Waals surface area contributed by atoms with Crippen LogP contribution < -0.4 is 0 Å². The molecule has 1 aliphatic rings.